The van der Waals surface area contributed by atoms with Gasteiger partial charge in [-0.15, -0.1) is 0 Å². The fourth-order valence-corrected chi connectivity index (χ4v) is 3.05. The van der Waals surface area contributed by atoms with Gasteiger partial charge in [-0.2, -0.15) is 5.10 Å². The summed E-state index contributed by atoms with van der Waals surface area (Å²) in [4.78, 5) is 48.4. The van der Waals surface area contributed by atoms with Crippen LogP contribution in [-0.2, 0) is 14.4 Å². The molecule has 1 saturated heterocycles. The Bertz CT molecular complexity index is 1120. The number of thiocarbonyl (C=S) groups is 1. The van der Waals surface area contributed by atoms with E-state index in [9.17, 15) is 24.5 Å². The van der Waals surface area contributed by atoms with Crippen molar-refractivity contribution in [3.8, 4) is 5.75 Å². The second-order valence-corrected chi connectivity index (χ2v) is 6.99. The van der Waals surface area contributed by atoms with E-state index in [0.717, 1.165) is 11.8 Å². The first-order valence-corrected chi connectivity index (χ1v) is 9.62. The quantitative estimate of drug-likeness (QED) is 0.211. The number of benzene rings is 2. The van der Waals surface area contributed by atoms with Gasteiger partial charge in [0.2, 0.25) is 5.91 Å². The van der Waals surface area contributed by atoms with E-state index in [1.165, 1.54) is 29.2 Å². The van der Waals surface area contributed by atoms with E-state index < -0.39 is 35.2 Å². The van der Waals surface area contributed by atoms with Crippen molar-refractivity contribution < 1.29 is 24.0 Å². The molecule has 0 saturated carbocycles. The number of hydrogen-bond acceptors (Lipinski definition) is 8. The molecule has 1 aliphatic rings. The number of carbonyl (C=O) groups excluding carboxylic acids is 3. The number of nitrogens with one attached hydrogen (secondary N) is 2. The topological polar surface area (TPSA) is 143 Å². The Balaban J connectivity index is 1.62. The van der Waals surface area contributed by atoms with Gasteiger partial charge < -0.3 is 10.1 Å². The van der Waals surface area contributed by atoms with Crippen molar-refractivity contribution in [2.24, 2.45) is 11.0 Å². The summed E-state index contributed by atoms with van der Waals surface area (Å²) in [7, 11) is 0. The number of aryl methyl sites for hydroxylation is 1. The van der Waals surface area contributed by atoms with Crippen LogP contribution in [0.2, 0.25) is 0 Å². The van der Waals surface area contributed by atoms with E-state index in [1.54, 1.807) is 24.3 Å². The molecule has 0 aromatic heterocycles. The molecule has 1 fully saturated rings. The number of nitrogens with zero attached hydrogens (tertiary/aromatic N) is 3. The molecule has 1 heterocycles. The molecule has 2 aromatic rings. The van der Waals surface area contributed by atoms with E-state index >= 15 is 0 Å². The Morgan fingerprint density at radius 2 is 1.97 bits per heavy atom. The van der Waals surface area contributed by atoms with Crippen LogP contribution in [0.1, 0.15) is 5.56 Å². The van der Waals surface area contributed by atoms with Crippen LogP contribution in [0.3, 0.4) is 0 Å². The van der Waals surface area contributed by atoms with Crippen LogP contribution < -0.4 is 20.4 Å². The zero-order valence-corrected chi connectivity index (χ0v) is 17.5. The van der Waals surface area contributed by atoms with Crippen LogP contribution in [-0.4, -0.2) is 40.6 Å². The normalized spacial score (nSPS) is 16.1. The lowest BCUT2D eigenvalue weighted by molar-refractivity contribution is -0.385. The maximum absolute atomic E-state index is 12.8. The number of nitro benzene ring substituents is 1. The van der Waals surface area contributed by atoms with Crippen molar-refractivity contribution in [2.75, 3.05) is 11.5 Å². The number of carbonyl (C=O) groups is 3. The van der Waals surface area contributed by atoms with E-state index in [2.05, 4.69) is 15.8 Å². The average Bonchev–Trinajstić information content (AvgIpc) is 2.75. The standard InChI is InChI=1S/C20H17N5O6S/c1-12-6-8-13(9-7-12)24-19(28)14(18(27)22-20(24)32)10-21-23-17(26)11-31-16-5-3-2-4-15(16)25(29)30/h2-10,14H,11H2,1H3,(H,23,26)(H,22,27,32)/b21-10-/t14-/m1/s1. The minimum absolute atomic E-state index is 0.0598. The summed E-state index contributed by atoms with van der Waals surface area (Å²) in [5, 5.41) is 17.0. The number of hydrogen-bond donors (Lipinski definition) is 2. The minimum Gasteiger partial charge on any atom is -0.477 e. The van der Waals surface area contributed by atoms with Gasteiger partial charge in [0, 0.05) is 12.3 Å². The van der Waals surface area contributed by atoms with E-state index in [4.69, 9.17) is 17.0 Å². The Morgan fingerprint density at radius 3 is 2.66 bits per heavy atom. The summed E-state index contributed by atoms with van der Waals surface area (Å²) in [5.74, 6) is -3.46. The largest absolute Gasteiger partial charge is 0.477 e. The fourth-order valence-electron chi connectivity index (χ4n) is 2.75. The number of ether oxygens (including phenoxy) is 1. The molecule has 0 aliphatic carbocycles. The maximum atomic E-state index is 12.8. The molecule has 0 spiro atoms. The molecular formula is C20H17N5O6S. The van der Waals surface area contributed by atoms with Crippen molar-refractivity contribution in [1.29, 1.82) is 0 Å². The van der Waals surface area contributed by atoms with Crippen LogP contribution in [0.4, 0.5) is 11.4 Å². The van der Waals surface area contributed by atoms with Gasteiger partial charge in [-0.05, 0) is 37.3 Å². The number of anilines is 1. The van der Waals surface area contributed by atoms with Gasteiger partial charge in [-0.25, -0.2) is 5.43 Å². The number of hydrazone groups is 1. The highest BCUT2D eigenvalue weighted by atomic mass is 32.1. The summed E-state index contributed by atoms with van der Waals surface area (Å²) in [6.07, 6.45) is 0.976. The van der Waals surface area contributed by atoms with Gasteiger partial charge in [0.05, 0.1) is 10.6 Å². The van der Waals surface area contributed by atoms with Gasteiger partial charge in [-0.3, -0.25) is 29.4 Å². The van der Waals surface area contributed by atoms with Crippen LogP contribution in [0.15, 0.2) is 53.6 Å². The first kappa shape index (κ1) is 22.5. The zero-order chi connectivity index (χ0) is 23.3. The molecule has 3 amide bonds. The third-order valence-corrected chi connectivity index (χ3v) is 4.61. The lowest BCUT2D eigenvalue weighted by Gasteiger charge is -2.30. The molecule has 0 radical (unpaired) electrons. The van der Waals surface area contributed by atoms with Gasteiger partial charge >= 0.3 is 5.69 Å². The molecular weight excluding hydrogens is 438 g/mol. The number of nitro groups is 1. The van der Waals surface area contributed by atoms with Crippen LogP contribution in [0.5, 0.6) is 5.75 Å². The second-order valence-electron chi connectivity index (χ2n) is 6.61. The predicted molar refractivity (Wildman–Crippen MR) is 118 cm³/mol. The van der Waals surface area contributed by atoms with Crippen LogP contribution in [0, 0.1) is 23.0 Å². The molecule has 3 rings (SSSR count). The zero-order valence-electron chi connectivity index (χ0n) is 16.7. The van der Waals surface area contributed by atoms with Crippen molar-refractivity contribution in [1.82, 2.24) is 10.7 Å². The van der Waals surface area contributed by atoms with Gasteiger partial charge in [0.1, 0.15) is 0 Å². The smallest absolute Gasteiger partial charge is 0.310 e. The molecule has 12 heteroatoms. The molecule has 2 aromatic carbocycles. The fraction of sp³-hybridized carbons (Fsp3) is 0.150. The summed E-state index contributed by atoms with van der Waals surface area (Å²) in [5.41, 5.74) is 3.29. The Hall–Kier alpha value is -4.19. The molecule has 1 atom stereocenters. The SMILES string of the molecule is Cc1ccc(N2C(=O)[C@H](/C=N\NC(=O)COc3ccccc3[N+](=O)[O-])C(=O)NC2=S)cc1. The third-order valence-electron chi connectivity index (χ3n) is 4.33. The van der Waals surface area contributed by atoms with Crippen molar-refractivity contribution in [3.05, 3.63) is 64.2 Å². The number of amides is 3. The first-order chi connectivity index (χ1) is 15.3. The minimum atomic E-state index is -1.32. The van der Waals surface area contributed by atoms with Gasteiger partial charge in [0.15, 0.2) is 23.4 Å². The second kappa shape index (κ2) is 9.75. The van der Waals surface area contributed by atoms with Crippen molar-refractivity contribution in [3.63, 3.8) is 0 Å². The Morgan fingerprint density at radius 1 is 1.28 bits per heavy atom. The van der Waals surface area contributed by atoms with E-state index in [0.29, 0.717) is 5.69 Å². The molecule has 164 valence electrons. The third kappa shape index (κ3) is 5.10. The van der Waals surface area contributed by atoms with Crippen LogP contribution in [0.25, 0.3) is 0 Å². The molecule has 2 N–H and O–H groups in total. The molecule has 32 heavy (non-hydrogen) atoms. The monoisotopic (exact) mass is 455 g/mol. The summed E-state index contributed by atoms with van der Waals surface area (Å²) in [6, 6.07) is 12.5. The predicted octanol–water partition coefficient (Wildman–Crippen LogP) is 1.45. The Labute approximate surface area is 187 Å². The lowest BCUT2D eigenvalue weighted by atomic mass is 10.1. The van der Waals surface area contributed by atoms with Crippen molar-refractivity contribution >= 4 is 52.6 Å². The van der Waals surface area contributed by atoms with Gasteiger partial charge in [-0.1, -0.05) is 29.8 Å². The van der Waals surface area contributed by atoms with Crippen molar-refractivity contribution in [2.45, 2.75) is 6.92 Å². The molecule has 1 aliphatic heterocycles. The highest BCUT2D eigenvalue weighted by molar-refractivity contribution is 7.80. The molecule has 0 unspecified atom stereocenters. The number of para-hydroxylation sites is 2. The first-order valence-electron chi connectivity index (χ1n) is 9.21. The van der Waals surface area contributed by atoms with E-state index in [-0.39, 0.29) is 16.5 Å². The lowest BCUT2D eigenvalue weighted by Crippen LogP contribution is -2.58. The Kier molecular flexibility index (Phi) is 6.85. The van der Waals surface area contributed by atoms with Crippen LogP contribution >= 0.6 is 12.2 Å². The molecule has 11 nitrogen and oxygen atoms in total. The summed E-state index contributed by atoms with van der Waals surface area (Å²) in [6.45, 7) is 1.33. The maximum Gasteiger partial charge on any atom is 0.310 e. The summed E-state index contributed by atoms with van der Waals surface area (Å²) >= 11 is 5.11. The molecule has 0 bridgehead atoms. The average molecular weight is 455 g/mol. The number of rotatable bonds is 7. The van der Waals surface area contributed by atoms with Gasteiger partial charge in [0.25, 0.3) is 11.8 Å². The highest BCUT2D eigenvalue weighted by Crippen LogP contribution is 2.25. The summed E-state index contributed by atoms with van der Waals surface area (Å²) < 4.78 is 5.14. The highest BCUT2D eigenvalue weighted by Gasteiger charge is 2.38. The van der Waals surface area contributed by atoms with E-state index in [1.807, 2.05) is 6.92 Å².